The fourth-order valence-corrected chi connectivity index (χ4v) is 2.46. The molecule has 0 aromatic heterocycles. The van der Waals surface area contributed by atoms with Gasteiger partial charge in [-0.15, -0.1) is 0 Å². The molecule has 0 radical (unpaired) electrons. The van der Waals surface area contributed by atoms with E-state index < -0.39 is 5.82 Å². The monoisotopic (exact) mass is 351 g/mol. The molecular formula is C21H18FNO3. The van der Waals surface area contributed by atoms with Crippen LogP contribution in [0.2, 0.25) is 0 Å². The lowest BCUT2D eigenvalue weighted by atomic mass is 10.1. The van der Waals surface area contributed by atoms with Crippen LogP contribution in [0.4, 0.5) is 10.1 Å². The molecule has 1 N–H and O–H groups in total. The minimum atomic E-state index is -0.455. The van der Waals surface area contributed by atoms with Crippen molar-refractivity contribution in [2.24, 2.45) is 0 Å². The van der Waals surface area contributed by atoms with Crippen LogP contribution < -0.4 is 14.8 Å². The second kappa shape index (κ2) is 8.16. The van der Waals surface area contributed by atoms with Gasteiger partial charge in [0.1, 0.15) is 12.4 Å². The highest BCUT2D eigenvalue weighted by molar-refractivity contribution is 6.06. The Balaban J connectivity index is 1.73. The predicted octanol–water partition coefficient (Wildman–Crippen LogP) is 4.67. The van der Waals surface area contributed by atoms with E-state index in [1.807, 2.05) is 30.3 Å². The van der Waals surface area contributed by atoms with E-state index in [0.29, 0.717) is 22.6 Å². The minimum Gasteiger partial charge on any atom is -0.494 e. The third kappa shape index (κ3) is 4.19. The van der Waals surface area contributed by atoms with E-state index in [1.165, 1.54) is 13.2 Å². The number of hydrogen-bond donors (Lipinski definition) is 1. The van der Waals surface area contributed by atoms with E-state index in [2.05, 4.69) is 5.32 Å². The summed E-state index contributed by atoms with van der Waals surface area (Å²) in [6, 6.07) is 20.7. The number of amides is 1. The van der Waals surface area contributed by atoms with Crippen molar-refractivity contribution in [2.75, 3.05) is 12.4 Å². The van der Waals surface area contributed by atoms with Gasteiger partial charge >= 0.3 is 0 Å². The molecule has 3 aromatic carbocycles. The molecule has 3 aromatic rings. The van der Waals surface area contributed by atoms with E-state index in [4.69, 9.17) is 9.47 Å². The van der Waals surface area contributed by atoms with Gasteiger partial charge in [0.15, 0.2) is 11.6 Å². The summed E-state index contributed by atoms with van der Waals surface area (Å²) in [6.45, 7) is 0.135. The van der Waals surface area contributed by atoms with E-state index in [-0.39, 0.29) is 18.3 Å². The fourth-order valence-electron chi connectivity index (χ4n) is 2.46. The molecular weight excluding hydrogens is 333 g/mol. The molecule has 0 saturated heterocycles. The van der Waals surface area contributed by atoms with Crippen molar-refractivity contribution in [2.45, 2.75) is 6.61 Å². The van der Waals surface area contributed by atoms with E-state index in [1.54, 1.807) is 36.4 Å². The van der Waals surface area contributed by atoms with Gasteiger partial charge in [0.25, 0.3) is 5.91 Å². The van der Waals surface area contributed by atoms with Crippen molar-refractivity contribution in [1.82, 2.24) is 0 Å². The number of hydrogen-bond acceptors (Lipinski definition) is 3. The number of carbonyl (C=O) groups is 1. The molecule has 4 nitrogen and oxygen atoms in total. The number of anilines is 1. The molecule has 5 heteroatoms. The number of carbonyl (C=O) groups excluding carboxylic acids is 1. The summed E-state index contributed by atoms with van der Waals surface area (Å²) in [5.74, 6) is -0.120. The normalized spacial score (nSPS) is 10.2. The maximum absolute atomic E-state index is 13.8. The van der Waals surface area contributed by atoms with Crippen molar-refractivity contribution in [3.63, 3.8) is 0 Å². The maximum Gasteiger partial charge on any atom is 0.259 e. The number of halogens is 1. The molecule has 0 unspecified atom stereocenters. The van der Waals surface area contributed by atoms with E-state index >= 15 is 0 Å². The van der Waals surface area contributed by atoms with Gasteiger partial charge in [0, 0.05) is 5.69 Å². The summed E-state index contributed by atoms with van der Waals surface area (Å²) in [5, 5.41) is 2.83. The topological polar surface area (TPSA) is 47.6 Å². The maximum atomic E-state index is 13.8. The highest BCUT2D eigenvalue weighted by Gasteiger charge is 2.13. The average Bonchev–Trinajstić information content (AvgIpc) is 2.67. The standard InChI is InChI=1S/C21H18FNO3/c1-25-20-12-11-15(13-18(20)22)14-26-19-10-6-5-9-17(19)21(24)23-16-7-3-2-4-8-16/h2-13H,14H2,1H3,(H,23,24). The van der Waals surface area contributed by atoms with Crippen molar-refractivity contribution >= 4 is 11.6 Å². The molecule has 1 amide bonds. The van der Waals surface area contributed by atoms with E-state index in [0.717, 1.165) is 0 Å². The summed E-state index contributed by atoms with van der Waals surface area (Å²) in [7, 11) is 1.41. The zero-order chi connectivity index (χ0) is 18.4. The predicted molar refractivity (Wildman–Crippen MR) is 98.1 cm³/mol. The van der Waals surface area contributed by atoms with Gasteiger partial charge in [-0.05, 0) is 42.0 Å². The average molecular weight is 351 g/mol. The molecule has 0 atom stereocenters. The first-order valence-corrected chi connectivity index (χ1v) is 8.08. The van der Waals surface area contributed by atoms with E-state index in [9.17, 15) is 9.18 Å². The van der Waals surface area contributed by atoms with Crippen molar-refractivity contribution in [1.29, 1.82) is 0 Å². The first-order chi connectivity index (χ1) is 12.7. The Hall–Kier alpha value is -3.34. The van der Waals surface area contributed by atoms with Crippen molar-refractivity contribution in [3.05, 3.63) is 89.7 Å². The molecule has 3 rings (SSSR count). The third-order valence-corrected chi connectivity index (χ3v) is 3.77. The Morgan fingerprint density at radius 3 is 2.42 bits per heavy atom. The van der Waals surface area contributed by atoms with Crippen LogP contribution in [0.25, 0.3) is 0 Å². The number of benzene rings is 3. The van der Waals surface area contributed by atoms with Crippen LogP contribution in [0.15, 0.2) is 72.8 Å². The first kappa shape index (κ1) is 17.5. The van der Waals surface area contributed by atoms with Gasteiger partial charge in [-0.2, -0.15) is 0 Å². The smallest absolute Gasteiger partial charge is 0.259 e. The third-order valence-electron chi connectivity index (χ3n) is 3.77. The molecule has 132 valence electrons. The molecule has 0 aliphatic heterocycles. The number of ether oxygens (including phenoxy) is 2. The summed E-state index contributed by atoms with van der Waals surface area (Å²) in [6.07, 6.45) is 0. The van der Waals surface area contributed by atoms with Crippen LogP contribution in [-0.4, -0.2) is 13.0 Å². The molecule has 0 spiro atoms. The van der Waals surface area contributed by atoms with Crippen LogP contribution in [0.3, 0.4) is 0 Å². The van der Waals surface area contributed by atoms with Gasteiger partial charge in [0.05, 0.1) is 12.7 Å². The Kier molecular flexibility index (Phi) is 5.49. The number of nitrogens with one attached hydrogen (secondary N) is 1. The molecule has 0 heterocycles. The van der Waals surface area contributed by atoms with Crippen LogP contribution >= 0.6 is 0 Å². The second-order valence-electron chi connectivity index (χ2n) is 5.57. The Labute approximate surface area is 151 Å². The summed E-state index contributed by atoms with van der Waals surface area (Å²) < 4.78 is 24.4. The van der Waals surface area contributed by atoms with Crippen molar-refractivity contribution < 1.29 is 18.7 Å². The Morgan fingerprint density at radius 1 is 0.962 bits per heavy atom. The highest BCUT2D eigenvalue weighted by Crippen LogP contribution is 2.23. The quantitative estimate of drug-likeness (QED) is 0.702. The lowest BCUT2D eigenvalue weighted by molar-refractivity contribution is 0.102. The largest absolute Gasteiger partial charge is 0.494 e. The van der Waals surface area contributed by atoms with Gasteiger partial charge in [-0.25, -0.2) is 4.39 Å². The lowest BCUT2D eigenvalue weighted by Gasteiger charge is -2.12. The highest BCUT2D eigenvalue weighted by atomic mass is 19.1. The fraction of sp³-hybridized carbons (Fsp3) is 0.0952. The summed E-state index contributed by atoms with van der Waals surface area (Å²) in [5.41, 5.74) is 1.75. The molecule has 0 fully saturated rings. The Bertz CT molecular complexity index is 897. The molecule has 26 heavy (non-hydrogen) atoms. The summed E-state index contributed by atoms with van der Waals surface area (Å²) in [4.78, 5) is 12.5. The number of para-hydroxylation sites is 2. The first-order valence-electron chi connectivity index (χ1n) is 8.08. The van der Waals surface area contributed by atoms with Gasteiger partial charge in [-0.3, -0.25) is 4.79 Å². The molecule has 0 bridgehead atoms. The summed E-state index contributed by atoms with van der Waals surface area (Å²) >= 11 is 0. The minimum absolute atomic E-state index is 0.135. The van der Waals surface area contributed by atoms with Crippen LogP contribution in [-0.2, 0) is 6.61 Å². The van der Waals surface area contributed by atoms with Crippen LogP contribution in [0, 0.1) is 5.82 Å². The molecule has 0 aliphatic carbocycles. The zero-order valence-corrected chi connectivity index (χ0v) is 14.2. The lowest BCUT2D eigenvalue weighted by Crippen LogP contribution is -2.13. The SMILES string of the molecule is COc1ccc(COc2ccccc2C(=O)Nc2ccccc2)cc1F. The molecule has 0 saturated carbocycles. The van der Waals surface area contributed by atoms with Crippen LogP contribution in [0.1, 0.15) is 15.9 Å². The number of methoxy groups -OCH3 is 1. The van der Waals surface area contributed by atoms with Crippen molar-refractivity contribution in [3.8, 4) is 11.5 Å². The van der Waals surface area contributed by atoms with Gasteiger partial charge < -0.3 is 14.8 Å². The second-order valence-corrected chi connectivity index (χ2v) is 5.57. The van der Waals surface area contributed by atoms with Crippen LogP contribution in [0.5, 0.6) is 11.5 Å². The Morgan fingerprint density at radius 2 is 1.69 bits per heavy atom. The van der Waals surface area contributed by atoms with Gasteiger partial charge in [-0.1, -0.05) is 36.4 Å². The molecule has 0 aliphatic rings. The zero-order valence-electron chi connectivity index (χ0n) is 14.2. The number of rotatable bonds is 6. The van der Waals surface area contributed by atoms with Gasteiger partial charge in [0.2, 0.25) is 0 Å².